The minimum Gasteiger partial charge on any atom is -0.192 e. The first-order chi connectivity index (χ1) is 6.38. The van der Waals surface area contributed by atoms with Gasteiger partial charge in [0.15, 0.2) is 0 Å². The molecule has 1 aromatic rings. The number of hydrogen-bond donors (Lipinski definition) is 0. The second kappa shape index (κ2) is 3.79. The molecule has 0 spiro atoms. The van der Waals surface area contributed by atoms with Crippen molar-refractivity contribution in [3.8, 4) is 6.07 Å². The van der Waals surface area contributed by atoms with Crippen LogP contribution in [0.1, 0.15) is 11.1 Å². The zero-order chi connectivity index (χ0) is 10.9. The lowest BCUT2D eigenvalue weighted by Gasteiger charge is -2.11. The summed E-state index contributed by atoms with van der Waals surface area (Å²) in [5.41, 5.74) is -1.11. The van der Waals surface area contributed by atoms with Crippen LogP contribution in [0, 0.1) is 11.3 Å². The third-order valence-electron chi connectivity index (χ3n) is 1.50. The van der Waals surface area contributed by atoms with Crippen LogP contribution in [-0.4, -0.2) is 0 Å². The van der Waals surface area contributed by atoms with E-state index in [1.807, 2.05) is 0 Å². The highest BCUT2D eigenvalue weighted by Gasteiger charge is 2.36. The van der Waals surface area contributed by atoms with Crippen LogP contribution < -0.4 is 0 Å². The van der Waals surface area contributed by atoms with Crippen molar-refractivity contribution in [3.05, 3.63) is 32.8 Å². The average molecular weight is 284 g/mol. The van der Waals surface area contributed by atoms with Gasteiger partial charge >= 0.3 is 6.18 Å². The highest BCUT2D eigenvalue weighted by molar-refractivity contribution is 9.10. The molecule has 0 saturated heterocycles. The Kier molecular flexibility index (Phi) is 3.07. The fraction of sp³-hybridized carbons (Fsp3) is 0.125. The maximum absolute atomic E-state index is 12.4. The molecule has 1 rings (SSSR count). The highest BCUT2D eigenvalue weighted by atomic mass is 79.9. The monoisotopic (exact) mass is 283 g/mol. The van der Waals surface area contributed by atoms with Crippen molar-refractivity contribution in [2.75, 3.05) is 0 Å². The molecule has 0 N–H and O–H groups in total. The topological polar surface area (TPSA) is 23.8 Å². The molecule has 1 aromatic carbocycles. The van der Waals surface area contributed by atoms with Crippen LogP contribution in [0.25, 0.3) is 0 Å². The molecule has 74 valence electrons. The van der Waals surface area contributed by atoms with Crippen molar-refractivity contribution < 1.29 is 13.2 Å². The fourth-order valence-corrected chi connectivity index (χ4v) is 1.94. The summed E-state index contributed by atoms with van der Waals surface area (Å²) >= 11 is 8.08. The predicted octanol–water partition coefficient (Wildman–Crippen LogP) is 3.99. The molecule has 0 aliphatic heterocycles. The van der Waals surface area contributed by atoms with E-state index < -0.39 is 16.8 Å². The molecule has 0 aliphatic carbocycles. The minimum absolute atomic E-state index is 0.0956. The molecule has 0 aromatic heterocycles. The van der Waals surface area contributed by atoms with Crippen molar-refractivity contribution in [3.63, 3.8) is 0 Å². The number of hydrogen-bond acceptors (Lipinski definition) is 1. The molecule has 0 saturated carbocycles. The van der Waals surface area contributed by atoms with Gasteiger partial charge in [-0.05, 0) is 28.1 Å². The zero-order valence-corrected chi connectivity index (χ0v) is 8.83. The summed E-state index contributed by atoms with van der Waals surface area (Å²) in [6.07, 6.45) is -4.57. The SMILES string of the molecule is N#Cc1ccc(Cl)c(C(F)(F)F)c1Br. The van der Waals surface area contributed by atoms with Gasteiger partial charge in [0.2, 0.25) is 0 Å². The van der Waals surface area contributed by atoms with Crippen LogP contribution in [0.3, 0.4) is 0 Å². The Hall–Kier alpha value is -0.730. The van der Waals surface area contributed by atoms with E-state index in [0.717, 1.165) is 6.07 Å². The van der Waals surface area contributed by atoms with E-state index in [9.17, 15) is 13.2 Å². The molecular weight excluding hydrogens is 282 g/mol. The van der Waals surface area contributed by atoms with E-state index >= 15 is 0 Å². The lowest BCUT2D eigenvalue weighted by Crippen LogP contribution is -2.07. The summed E-state index contributed by atoms with van der Waals surface area (Å²) in [5, 5.41) is 8.08. The molecule has 6 heteroatoms. The molecular formula is C8H2BrClF3N. The van der Waals surface area contributed by atoms with Gasteiger partial charge in [0, 0.05) is 4.47 Å². The van der Waals surface area contributed by atoms with E-state index in [1.54, 1.807) is 6.07 Å². The predicted molar refractivity (Wildman–Crippen MR) is 48.9 cm³/mol. The lowest BCUT2D eigenvalue weighted by molar-refractivity contribution is -0.138. The number of rotatable bonds is 0. The van der Waals surface area contributed by atoms with Gasteiger partial charge in [-0.15, -0.1) is 0 Å². The molecule has 0 radical (unpaired) electrons. The number of nitrogens with zero attached hydrogens (tertiary/aromatic N) is 1. The van der Waals surface area contributed by atoms with Crippen LogP contribution in [-0.2, 0) is 6.18 Å². The van der Waals surface area contributed by atoms with Crippen molar-refractivity contribution in [2.24, 2.45) is 0 Å². The average Bonchev–Trinajstić information content (AvgIpc) is 2.02. The number of alkyl halides is 3. The largest absolute Gasteiger partial charge is 0.418 e. The van der Waals surface area contributed by atoms with E-state index in [-0.39, 0.29) is 10.0 Å². The van der Waals surface area contributed by atoms with Gasteiger partial charge in [-0.1, -0.05) is 11.6 Å². The first kappa shape index (κ1) is 11.3. The first-order valence-corrected chi connectivity index (χ1v) is 4.50. The minimum atomic E-state index is -4.57. The van der Waals surface area contributed by atoms with Gasteiger partial charge in [0.05, 0.1) is 16.1 Å². The third kappa shape index (κ3) is 2.02. The maximum atomic E-state index is 12.4. The number of halogens is 5. The van der Waals surface area contributed by atoms with E-state index in [4.69, 9.17) is 16.9 Å². The molecule has 0 amide bonds. The van der Waals surface area contributed by atoms with Gasteiger partial charge in [0.25, 0.3) is 0 Å². The normalized spacial score (nSPS) is 11.1. The summed E-state index contributed by atoms with van der Waals surface area (Å²) in [4.78, 5) is 0. The third-order valence-corrected chi connectivity index (χ3v) is 2.63. The van der Waals surface area contributed by atoms with Gasteiger partial charge in [-0.3, -0.25) is 0 Å². The zero-order valence-electron chi connectivity index (χ0n) is 6.49. The van der Waals surface area contributed by atoms with Crippen molar-refractivity contribution in [1.82, 2.24) is 0 Å². The Balaban J connectivity index is 3.50. The van der Waals surface area contributed by atoms with E-state index in [0.29, 0.717) is 0 Å². The van der Waals surface area contributed by atoms with Crippen LogP contribution >= 0.6 is 27.5 Å². The molecule has 0 bridgehead atoms. The van der Waals surface area contributed by atoms with Gasteiger partial charge in [0.1, 0.15) is 6.07 Å². The lowest BCUT2D eigenvalue weighted by atomic mass is 10.1. The second-order valence-electron chi connectivity index (χ2n) is 2.39. The molecule has 1 nitrogen and oxygen atoms in total. The van der Waals surface area contributed by atoms with Crippen LogP contribution in [0.15, 0.2) is 16.6 Å². The summed E-state index contributed by atoms with van der Waals surface area (Å²) in [5.74, 6) is 0. The molecule has 0 unspecified atom stereocenters. The van der Waals surface area contributed by atoms with Crippen LogP contribution in [0.2, 0.25) is 5.02 Å². The Bertz CT molecular complexity index is 408. The first-order valence-electron chi connectivity index (χ1n) is 3.33. The number of nitriles is 1. The molecule has 0 atom stereocenters. The van der Waals surface area contributed by atoms with Crippen LogP contribution in [0.4, 0.5) is 13.2 Å². The summed E-state index contributed by atoms with van der Waals surface area (Å²) in [7, 11) is 0. The summed E-state index contributed by atoms with van der Waals surface area (Å²) in [6.45, 7) is 0. The van der Waals surface area contributed by atoms with Crippen LogP contribution in [0.5, 0.6) is 0 Å². The van der Waals surface area contributed by atoms with Gasteiger partial charge < -0.3 is 0 Å². The van der Waals surface area contributed by atoms with E-state index in [1.165, 1.54) is 6.07 Å². The van der Waals surface area contributed by atoms with Crippen molar-refractivity contribution in [2.45, 2.75) is 6.18 Å². The van der Waals surface area contributed by atoms with Gasteiger partial charge in [-0.25, -0.2) is 0 Å². The molecule has 14 heavy (non-hydrogen) atoms. The van der Waals surface area contributed by atoms with Gasteiger partial charge in [-0.2, -0.15) is 18.4 Å². The van der Waals surface area contributed by atoms with E-state index in [2.05, 4.69) is 15.9 Å². The van der Waals surface area contributed by atoms with Crippen molar-refractivity contribution in [1.29, 1.82) is 5.26 Å². The molecule has 0 aliphatic rings. The standard InChI is InChI=1S/C8H2BrClF3N/c9-7-4(3-14)1-2-5(10)6(7)8(11,12)13/h1-2H. The quantitative estimate of drug-likeness (QED) is 0.706. The smallest absolute Gasteiger partial charge is 0.192 e. The fourth-order valence-electron chi connectivity index (χ4n) is 0.899. The highest BCUT2D eigenvalue weighted by Crippen LogP contribution is 2.40. The molecule has 0 heterocycles. The van der Waals surface area contributed by atoms with Crippen molar-refractivity contribution >= 4 is 27.5 Å². The maximum Gasteiger partial charge on any atom is 0.418 e. The Morgan fingerprint density at radius 1 is 1.36 bits per heavy atom. The Labute approximate surface area is 91.2 Å². The summed E-state index contributed by atoms with van der Waals surface area (Å²) < 4.78 is 36.9. The summed E-state index contributed by atoms with van der Waals surface area (Å²) in [6, 6.07) is 3.90. The number of benzene rings is 1. The second-order valence-corrected chi connectivity index (χ2v) is 3.59. The molecule has 0 fully saturated rings. The Morgan fingerprint density at radius 2 is 1.93 bits per heavy atom. The Morgan fingerprint density at radius 3 is 2.36 bits per heavy atom.